The monoisotopic (exact) mass is 304 g/mol. The lowest BCUT2D eigenvalue weighted by Crippen LogP contribution is -2.35. The first kappa shape index (κ1) is 13.5. The highest BCUT2D eigenvalue weighted by atomic mass is 79.9. The standard InChI is InChI=1S/C11H13BrN2O.ClH/c12-8-3-5-9(6-4-8)14-11(15)10-2-1-7-13-10;/h3-6,10,13H,1-2,7H2,(H,14,15);1H/t10-;/m1./s1. The second kappa shape index (κ2) is 6.23. The molecular formula is C11H14BrClN2O. The van der Waals surface area contributed by atoms with Crippen molar-refractivity contribution in [2.75, 3.05) is 11.9 Å². The third kappa shape index (κ3) is 3.47. The Hall–Kier alpha value is -0.580. The molecule has 3 nitrogen and oxygen atoms in total. The minimum atomic E-state index is -0.0198. The normalized spacial score (nSPS) is 18.9. The zero-order chi connectivity index (χ0) is 10.7. The zero-order valence-corrected chi connectivity index (χ0v) is 11.1. The van der Waals surface area contributed by atoms with Crippen LogP contribution in [0.15, 0.2) is 28.7 Å². The molecule has 0 aliphatic carbocycles. The van der Waals surface area contributed by atoms with Crippen LogP contribution in [-0.2, 0) is 4.79 Å². The van der Waals surface area contributed by atoms with Crippen molar-refractivity contribution < 1.29 is 4.79 Å². The third-order valence-electron chi connectivity index (χ3n) is 2.49. The van der Waals surface area contributed by atoms with Crippen LogP contribution in [0.25, 0.3) is 0 Å². The molecule has 0 radical (unpaired) electrons. The molecule has 1 heterocycles. The fourth-order valence-electron chi connectivity index (χ4n) is 1.67. The van der Waals surface area contributed by atoms with Gasteiger partial charge in [-0.3, -0.25) is 4.79 Å². The molecule has 16 heavy (non-hydrogen) atoms. The summed E-state index contributed by atoms with van der Waals surface area (Å²) in [7, 11) is 0. The van der Waals surface area contributed by atoms with E-state index in [1.54, 1.807) is 0 Å². The molecule has 0 saturated carbocycles. The zero-order valence-electron chi connectivity index (χ0n) is 8.70. The average Bonchev–Trinajstić information content (AvgIpc) is 2.74. The van der Waals surface area contributed by atoms with Gasteiger partial charge in [-0.25, -0.2) is 0 Å². The number of nitrogens with one attached hydrogen (secondary N) is 2. The quantitative estimate of drug-likeness (QED) is 0.882. The lowest BCUT2D eigenvalue weighted by atomic mass is 10.2. The molecule has 0 aromatic heterocycles. The molecule has 1 saturated heterocycles. The third-order valence-corrected chi connectivity index (χ3v) is 3.02. The summed E-state index contributed by atoms with van der Waals surface area (Å²) < 4.78 is 1.01. The summed E-state index contributed by atoms with van der Waals surface area (Å²) in [6.45, 7) is 0.943. The van der Waals surface area contributed by atoms with E-state index >= 15 is 0 Å². The number of benzene rings is 1. The molecule has 1 atom stereocenters. The van der Waals surface area contributed by atoms with Crippen LogP contribution >= 0.6 is 28.3 Å². The van der Waals surface area contributed by atoms with Gasteiger partial charge in [0.1, 0.15) is 0 Å². The van der Waals surface area contributed by atoms with Crippen molar-refractivity contribution in [1.29, 1.82) is 0 Å². The number of rotatable bonds is 2. The number of amides is 1. The molecule has 2 rings (SSSR count). The molecule has 1 fully saturated rings. The Morgan fingerprint density at radius 1 is 1.38 bits per heavy atom. The van der Waals surface area contributed by atoms with Gasteiger partial charge in [0.05, 0.1) is 6.04 Å². The van der Waals surface area contributed by atoms with Gasteiger partial charge in [0, 0.05) is 10.2 Å². The smallest absolute Gasteiger partial charge is 0.241 e. The SMILES string of the molecule is Cl.O=C(Nc1ccc(Br)cc1)[C@H]1CCCN1. The van der Waals surface area contributed by atoms with E-state index in [0.29, 0.717) is 0 Å². The Kier molecular flexibility index (Phi) is 5.25. The topological polar surface area (TPSA) is 41.1 Å². The largest absolute Gasteiger partial charge is 0.325 e. The van der Waals surface area contributed by atoms with Gasteiger partial charge in [0.2, 0.25) is 5.91 Å². The maximum absolute atomic E-state index is 11.7. The molecular weight excluding hydrogens is 291 g/mol. The Bertz CT molecular complexity index is 350. The molecule has 1 aromatic rings. The predicted octanol–water partition coefficient (Wildman–Crippen LogP) is 2.56. The number of carbonyl (C=O) groups is 1. The van der Waals surface area contributed by atoms with E-state index in [0.717, 1.165) is 29.5 Å². The molecule has 5 heteroatoms. The van der Waals surface area contributed by atoms with Crippen molar-refractivity contribution in [3.8, 4) is 0 Å². The van der Waals surface area contributed by atoms with Gasteiger partial charge in [-0.2, -0.15) is 0 Å². The second-order valence-corrected chi connectivity index (χ2v) is 4.56. The molecule has 0 unspecified atom stereocenters. The molecule has 1 aliphatic heterocycles. The number of hydrogen-bond acceptors (Lipinski definition) is 2. The van der Waals surface area contributed by atoms with Crippen LogP contribution in [0.2, 0.25) is 0 Å². The van der Waals surface area contributed by atoms with Crippen molar-refractivity contribution in [3.05, 3.63) is 28.7 Å². The van der Waals surface area contributed by atoms with Crippen LogP contribution < -0.4 is 10.6 Å². The van der Waals surface area contributed by atoms with Crippen LogP contribution in [0.4, 0.5) is 5.69 Å². The summed E-state index contributed by atoms with van der Waals surface area (Å²) in [5.74, 6) is 0.0647. The average molecular weight is 306 g/mol. The second-order valence-electron chi connectivity index (χ2n) is 3.65. The van der Waals surface area contributed by atoms with Gasteiger partial charge >= 0.3 is 0 Å². The van der Waals surface area contributed by atoms with Crippen molar-refractivity contribution in [2.45, 2.75) is 18.9 Å². The Balaban J connectivity index is 0.00000128. The lowest BCUT2D eigenvalue weighted by Gasteiger charge is -2.10. The van der Waals surface area contributed by atoms with Crippen molar-refractivity contribution in [1.82, 2.24) is 5.32 Å². The fraction of sp³-hybridized carbons (Fsp3) is 0.364. The van der Waals surface area contributed by atoms with E-state index in [1.807, 2.05) is 24.3 Å². The first-order valence-corrected chi connectivity index (χ1v) is 5.85. The Morgan fingerprint density at radius 2 is 2.06 bits per heavy atom. The molecule has 0 bridgehead atoms. The molecule has 1 aromatic carbocycles. The summed E-state index contributed by atoms with van der Waals surface area (Å²) >= 11 is 3.35. The van der Waals surface area contributed by atoms with Gasteiger partial charge in [-0.1, -0.05) is 15.9 Å². The van der Waals surface area contributed by atoms with E-state index in [2.05, 4.69) is 26.6 Å². The number of anilines is 1. The molecule has 1 aliphatic rings. The maximum Gasteiger partial charge on any atom is 0.241 e. The number of hydrogen-bond donors (Lipinski definition) is 2. The van der Waals surface area contributed by atoms with E-state index < -0.39 is 0 Å². The van der Waals surface area contributed by atoms with Crippen LogP contribution in [0, 0.1) is 0 Å². The van der Waals surface area contributed by atoms with Gasteiger partial charge in [0.25, 0.3) is 0 Å². The number of carbonyl (C=O) groups excluding carboxylic acids is 1. The first-order valence-electron chi connectivity index (χ1n) is 5.05. The Morgan fingerprint density at radius 3 is 2.62 bits per heavy atom. The summed E-state index contributed by atoms with van der Waals surface area (Å²) in [4.78, 5) is 11.7. The highest BCUT2D eigenvalue weighted by molar-refractivity contribution is 9.10. The van der Waals surface area contributed by atoms with Crippen LogP contribution in [0.1, 0.15) is 12.8 Å². The van der Waals surface area contributed by atoms with Crippen molar-refractivity contribution in [3.63, 3.8) is 0 Å². The van der Waals surface area contributed by atoms with Crippen molar-refractivity contribution >= 4 is 39.9 Å². The van der Waals surface area contributed by atoms with Gasteiger partial charge in [-0.15, -0.1) is 12.4 Å². The lowest BCUT2D eigenvalue weighted by molar-refractivity contribution is -0.117. The van der Waals surface area contributed by atoms with Gasteiger partial charge in [-0.05, 0) is 43.7 Å². The van der Waals surface area contributed by atoms with Gasteiger partial charge < -0.3 is 10.6 Å². The van der Waals surface area contributed by atoms with Crippen LogP contribution in [0.5, 0.6) is 0 Å². The molecule has 0 spiro atoms. The summed E-state index contributed by atoms with van der Waals surface area (Å²) in [5, 5.41) is 6.06. The summed E-state index contributed by atoms with van der Waals surface area (Å²) in [6, 6.07) is 7.58. The molecule has 2 N–H and O–H groups in total. The van der Waals surface area contributed by atoms with E-state index in [-0.39, 0.29) is 24.4 Å². The Labute approximate surface area is 110 Å². The highest BCUT2D eigenvalue weighted by Gasteiger charge is 2.21. The molecule has 1 amide bonds. The maximum atomic E-state index is 11.7. The van der Waals surface area contributed by atoms with E-state index in [4.69, 9.17) is 0 Å². The van der Waals surface area contributed by atoms with E-state index in [9.17, 15) is 4.79 Å². The minimum absolute atomic E-state index is 0. The van der Waals surface area contributed by atoms with Crippen molar-refractivity contribution in [2.24, 2.45) is 0 Å². The summed E-state index contributed by atoms with van der Waals surface area (Å²) in [6.07, 6.45) is 2.01. The first-order chi connectivity index (χ1) is 7.25. The van der Waals surface area contributed by atoms with E-state index in [1.165, 1.54) is 0 Å². The van der Waals surface area contributed by atoms with Crippen LogP contribution in [-0.4, -0.2) is 18.5 Å². The predicted molar refractivity (Wildman–Crippen MR) is 71.0 cm³/mol. The number of halogens is 2. The minimum Gasteiger partial charge on any atom is -0.325 e. The van der Waals surface area contributed by atoms with Crippen LogP contribution in [0.3, 0.4) is 0 Å². The fourth-order valence-corrected chi connectivity index (χ4v) is 1.94. The molecule has 88 valence electrons. The highest BCUT2D eigenvalue weighted by Crippen LogP contribution is 2.15. The summed E-state index contributed by atoms with van der Waals surface area (Å²) in [5.41, 5.74) is 0.844. The van der Waals surface area contributed by atoms with Gasteiger partial charge in [0.15, 0.2) is 0 Å².